The highest BCUT2D eigenvalue weighted by atomic mass is 79.9. The Morgan fingerprint density at radius 2 is 2.05 bits per heavy atom. The second-order valence-electron chi connectivity index (χ2n) is 6.31. The molecule has 3 nitrogen and oxygen atoms in total. The van der Waals surface area contributed by atoms with Gasteiger partial charge in [0.25, 0.3) is 0 Å². The van der Waals surface area contributed by atoms with Gasteiger partial charge in [-0.05, 0) is 66.9 Å². The van der Waals surface area contributed by atoms with E-state index < -0.39 is 0 Å². The lowest BCUT2D eigenvalue weighted by Gasteiger charge is -2.19. The summed E-state index contributed by atoms with van der Waals surface area (Å²) >= 11 is 3.78. The molecule has 3 rings (SSSR count). The van der Waals surface area contributed by atoms with Crippen molar-refractivity contribution in [2.24, 2.45) is 17.8 Å². The van der Waals surface area contributed by atoms with E-state index in [1.807, 2.05) is 0 Å². The van der Waals surface area contributed by atoms with Crippen molar-refractivity contribution in [3.63, 3.8) is 0 Å². The van der Waals surface area contributed by atoms with Crippen LogP contribution in [0.15, 0.2) is 4.47 Å². The number of nitrogens with one attached hydrogen (secondary N) is 1. The van der Waals surface area contributed by atoms with E-state index >= 15 is 0 Å². The molecule has 4 heteroatoms. The smallest absolute Gasteiger partial charge is 0.0766 e. The van der Waals surface area contributed by atoms with Crippen LogP contribution >= 0.6 is 15.9 Å². The van der Waals surface area contributed by atoms with Crippen molar-refractivity contribution < 1.29 is 0 Å². The fraction of sp³-hybridized carbons (Fsp3) is 0.812. The zero-order chi connectivity index (χ0) is 14.3. The van der Waals surface area contributed by atoms with E-state index in [1.54, 1.807) is 0 Å². The number of fused-ring (bicyclic) bond motifs is 1. The molecule has 3 unspecified atom stereocenters. The summed E-state index contributed by atoms with van der Waals surface area (Å²) in [5, 5.41) is 8.31. The molecule has 20 heavy (non-hydrogen) atoms. The first-order valence-corrected chi connectivity index (χ1v) is 8.91. The zero-order valence-electron chi connectivity index (χ0n) is 12.8. The molecule has 2 fully saturated rings. The van der Waals surface area contributed by atoms with Crippen LogP contribution in [-0.4, -0.2) is 22.9 Å². The maximum absolute atomic E-state index is 4.73. The molecule has 1 aromatic rings. The summed E-state index contributed by atoms with van der Waals surface area (Å²) in [5.41, 5.74) is 2.58. The molecule has 0 spiro atoms. The largest absolute Gasteiger partial charge is 0.316 e. The molecule has 2 aliphatic rings. The summed E-state index contributed by atoms with van der Waals surface area (Å²) in [6, 6.07) is 0.619. The Balaban J connectivity index is 1.77. The third-order valence-corrected chi connectivity index (χ3v) is 6.33. The van der Waals surface area contributed by atoms with Crippen LogP contribution in [0.4, 0.5) is 0 Å². The maximum Gasteiger partial charge on any atom is 0.0766 e. The van der Waals surface area contributed by atoms with Crippen LogP contribution < -0.4 is 5.32 Å². The molecule has 0 radical (unpaired) electrons. The highest BCUT2D eigenvalue weighted by molar-refractivity contribution is 9.10. The number of aryl methyl sites for hydroxylation is 2. The third kappa shape index (κ3) is 2.35. The molecule has 0 bridgehead atoms. The fourth-order valence-corrected chi connectivity index (χ4v) is 5.05. The standard InChI is InChI=1S/C16H26BrN3/c1-4-12-16(17)14(20(5-2)19-12)9-13(18-3)15-10-7-6-8-11(10)15/h10-11,13,15,18H,4-9H2,1-3H3. The van der Waals surface area contributed by atoms with Crippen LogP contribution in [-0.2, 0) is 19.4 Å². The van der Waals surface area contributed by atoms with Crippen LogP contribution in [0.5, 0.6) is 0 Å². The molecule has 0 aromatic carbocycles. The van der Waals surface area contributed by atoms with Gasteiger partial charge in [0.15, 0.2) is 0 Å². The van der Waals surface area contributed by atoms with Gasteiger partial charge in [0.05, 0.1) is 15.9 Å². The predicted octanol–water partition coefficient (Wildman–Crippen LogP) is 3.40. The molecule has 112 valence electrons. The molecular formula is C16H26BrN3. The van der Waals surface area contributed by atoms with E-state index in [4.69, 9.17) is 5.10 Å². The minimum absolute atomic E-state index is 0.619. The first-order valence-electron chi connectivity index (χ1n) is 8.12. The highest BCUT2D eigenvalue weighted by Crippen LogP contribution is 2.59. The normalized spacial score (nSPS) is 29.5. The molecule has 0 aliphatic heterocycles. The Hall–Kier alpha value is -0.350. The number of nitrogens with zero attached hydrogens (tertiary/aromatic N) is 2. The molecule has 2 aliphatic carbocycles. The highest BCUT2D eigenvalue weighted by Gasteiger charge is 2.55. The summed E-state index contributed by atoms with van der Waals surface area (Å²) in [7, 11) is 2.13. The topological polar surface area (TPSA) is 29.9 Å². The molecule has 2 saturated carbocycles. The summed E-state index contributed by atoms with van der Waals surface area (Å²) < 4.78 is 3.43. The van der Waals surface area contributed by atoms with Gasteiger partial charge >= 0.3 is 0 Å². The quantitative estimate of drug-likeness (QED) is 0.860. The van der Waals surface area contributed by atoms with Gasteiger partial charge in [-0.1, -0.05) is 13.3 Å². The van der Waals surface area contributed by atoms with Crippen LogP contribution in [0, 0.1) is 17.8 Å². The Morgan fingerprint density at radius 1 is 1.35 bits per heavy atom. The van der Waals surface area contributed by atoms with Gasteiger partial charge in [0, 0.05) is 19.0 Å². The Labute approximate surface area is 130 Å². The maximum atomic E-state index is 4.73. The van der Waals surface area contributed by atoms with E-state index in [0.29, 0.717) is 6.04 Å². The predicted molar refractivity (Wildman–Crippen MR) is 85.9 cm³/mol. The number of hydrogen-bond acceptors (Lipinski definition) is 2. The van der Waals surface area contributed by atoms with Gasteiger partial charge in [0.1, 0.15) is 0 Å². The Bertz CT molecular complexity index is 472. The SMILES string of the molecule is CCc1nn(CC)c(CC(NC)C2C3CCCC32)c1Br. The minimum atomic E-state index is 0.619. The average molecular weight is 340 g/mol. The summed E-state index contributed by atoms with van der Waals surface area (Å²) in [6.45, 7) is 5.32. The number of likely N-dealkylation sites (N-methyl/N-ethyl adjacent to an activating group) is 1. The van der Waals surface area contributed by atoms with Crippen LogP contribution in [0.1, 0.15) is 44.5 Å². The lowest BCUT2D eigenvalue weighted by Crippen LogP contribution is -2.32. The lowest BCUT2D eigenvalue weighted by atomic mass is 9.99. The van der Waals surface area contributed by atoms with E-state index in [-0.39, 0.29) is 0 Å². The van der Waals surface area contributed by atoms with Crippen molar-refractivity contribution >= 4 is 15.9 Å². The van der Waals surface area contributed by atoms with Gasteiger partial charge < -0.3 is 5.32 Å². The van der Waals surface area contributed by atoms with Crippen molar-refractivity contribution in [3.05, 3.63) is 15.9 Å². The number of aromatic nitrogens is 2. The van der Waals surface area contributed by atoms with Crippen molar-refractivity contribution in [2.75, 3.05) is 7.05 Å². The summed E-state index contributed by atoms with van der Waals surface area (Å²) in [4.78, 5) is 0. The summed E-state index contributed by atoms with van der Waals surface area (Å²) in [5.74, 6) is 2.93. The van der Waals surface area contributed by atoms with Gasteiger partial charge in [-0.2, -0.15) is 5.10 Å². The molecule has 0 amide bonds. The number of hydrogen-bond donors (Lipinski definition) is 1. The van der Waals surface area contributed by atoms with Crippen LogP contribution in [0.25, 0.3) is 0 Å². The number of halogens is 1. The van der Waals surface area contributed by atoms with Crippen molar-refractivity contribution in [1.29, 1.82) is 0 Å². The Morgan fingerprint density at radius 3 is 2.60 bits per heavy atom. The van der Waals surface area contributed by atoms with Crippen molar-refractivity contribution in [1.82, 2.24) is 15.1 Å². The van der Waals surface area contributed by atoms with Gasteiger partial charge in [-0.25, -0.2) is 0 Å². The van der Waals surface area contributed by atoms with Crippen LogP contribution in [0.2, 0.25) is 0 Å². The number of rotatable bonds is 6. The second-order valence-corrected chi connectivity index (χ2v) is 7.10. The first-order chi connectivity index (χ1) is 9.71. The van der Waals surface area contributed by atoms with Crippen molar-refractivity contribution in [3.8, 4) is 0 Å². The lowest BCUT2D eigenvalue weighted by molar-refractivity contribution is 0.416. The van der Waals surface area contributed by atoms with Crippen molar-refractivity contribution in [2.45, 2.75) is 58.5 Å². The third-order valence-electron chi connectivity index (χ3n) is 5.42. The average Bonchev–Trinajstić information content (AvgIpc) is 2.84. The molecule has 3 atom stereocenters. The van der Waals surface area contributed by atoms with Gasteiger partial charge in [-0.15, -0.1) is 0 Å². The van der Waals surface area contributed by atoms with E-state index in [9.17, 15) is 0 Å². The molecule has 1 aromatic heterocycles. The van der Waals surface area contributed by atoms with Crippen LogP contribution in [0.3, 0.4) is 0 Å². The minimum Gasteiger partial charge on any atom is -0.316 e. The molecule has 0 saturated heterocycles. The molecular weight excluding hydrogens is 314 g/mol. The van der Waals surface area contributed by atoms with Gasteiger partial charge in [0.2, 0.25) is 0 Å². The second kappa shape index (κ2) is 5.80. The molecule has 1 heterocycles. The van der Waals surface area contributed by atoms with E-state index in [0.717, 1.165) is 37.1 Å². The van der Waals surface area contributed by atoms with Gasteiger partial charge in [-0.3, -0.25) is 4.68 Å². The zero-order valence-corrected chi connectivity index (χ0v) is 14.4. The molecule has 1 N–H and O–H groups in total. The summed E-state index contributed by atoms with van der Waals surface area (Å²) in [6.07, 6.45) is 6.48. The monoisotopic (exact) mass is 339 g/mol. The Kier molecular flexibility index (Phi) is 4.23. The first kappa shape index (κ1) is 14.6. The van der Waals surface area contributed by atoms with E-state index in [1.165, 1.54) is 35.1 Å². The fourth-order valence-electron chi connectivity index (χ4n) is 4.32. The van der Waals surface area contributed by atoms with E-state index in [2.05, 4.69) is 46.8 Å².